The molecule has 1 N–H and O–H groups in total. The highest BCUT2D eigenvalue weighted by Gasteiger charge is 2.16. The van der Waals surface area contributed by atoms with Gasteiger partial charge in [-0.1, -0.05) is 17.8 Å². The first kappa shape index (κ1) is 20.6. The second-order valence-corrected chi connectivity index (χ2v) is 8.12. The normalized spacial score (nSPS) is 10.4. The molecule has 0 atom stereocenters. The van der Waals surface area contributed by atoms with Crippen LogP contribution in [0.1, 0.15) is 5.56 Å². The number of nitrogens with one attached hydrogen (secondary N) is 1. The summed E-state index contributed by atoms with van der Waals surface area (Å²) in [5.41, 5.74) is 2.50. The van der Waals surface area contributed by atoms with Crippen molar-refractivity contribution < 1.29 is 4.79 Å². The SMILES string of the molecule is C=CCn1c(SCC(=O)Nc2sccc2C#N)nnc1-c1ccc(N(C)C)cc1. The van der Waals surface area contributed by atoms with Crippen LogP contribution in [0.25, 0.3) is 11.4 Å². The van der Waals surface area contributed by atoms with Gasteiger partial charge in [0, 0.05) is 31.9 Å². The number of carbonyl (C=O) groups is 1. The Morgan fingerprint density at radius 2 is 2.10 bits per heavy atom. The van der Waals surface area contributed by atoms with E-state index in [0.29, 0.717) is 22.3 Å². The molecule has 0 fully saturated rings. The lowest BCUT2D eigenvalue weighted by Crippen LogP contribution is -2.14. The van der Waals surface area contributed by atoms with Gasteiger partial charge < -0.3 is 10.2 Å². The molecule has 1 aromatic carbocycles. The maximum Gasteiger partial charge on any atom is 0.235 e. The number of hydrogen-bond donors (Lipinski definition) is 1. The third-order valence-electron chi connectivity index (χ3n) is 4.04. The summed E-state index contributed by atoms with van der Waals surface area (Å²) in [6.07, 6.45) is 1.77. The first-order valence-corrected chi connectivity index (χ1v) is 10.6. The Hall–Kier alpha value is -3.09. The van der Waals surface area contributed by atoms with Crippen LogP contribution in [0.4, 0.5) is 10.7 Å². The smallest absolute Gasteiger partial charge is 0.235 e. The average molecular weight is 425 g/mol. The molecule has 7 nitrogen and oxygen atoms in total. The van der Waals surface area contributed by atoms with E-state index >= 15 is 0 Å². The van der Waals surface area contributed by atoms with Crippen LogP contribution in [0.2, 0.25) is 0 Å². The number of rotatable bonds is 8. The summed E-state index contributed by atoms with van der Waals surface area (Å²) < 4.78 is 1.93. The Bertz CT molecular complexity index is 1050. The zero-order chi connectivity index (χ0) is 20.8. The Labute approximate surface area is 177 Å². The van der Waals surface area contributed by atoms with Gasteiger partial charge in [-0.3, -0.25) is 9.36 Å². The highest BCUT2D eigenvalue weighted by molar-refractivity contribution is 7.99. The van der Waals surface area contributed by atoms with Gasteiger partial charge in [0.05, 0.1) is 11.3 Å². The summed E-state index contributed by atoms with van der Waals surface area (Å²) in [5.74, 6) is 0.694. The fraction of sp³-hybridized carbons (Fsp3) is 0.200. The van der Waals surface area contributed by atoms with E-state index in [0.717, 1.165) is 17.1 Å². The van der Waals surface area contributed by atoms with Gasteiger partial charge in [-0.05, 0) is 35.7 Å². The van der Waals surface area contributed by atoms with Crippen molar-refractivity contribution in [3.63, 3.8) is 0 Å². The summed E-state index contributed by atoms with van der Waals surface area (Å²) in [6.45, 7) is 4.35. The monoisotopic (exact) mass is 424 g/mol. The van der Waals surface area contributed by atoms with Crippen molar-refractivity contribution >= 4 is 39.7 Å². The molecule has 0 bridgehead atoms. The topological polar surface area (TPSA) is 86.8 Å². The fourth-order valence-electron chi connectivity index (χ4n) is 2.60. The molecule has 29 heavy (non-hydrogen) atoms. The maximum atomic E-state index is 12.3. The molecule has 0 spiro atoms. The molecule has 0 unspecified atom stereocenters. The quantitative estimate of drug-likeness (QED) is 0.436. The molecule has 0 saturated carbocycles. The Morgan fingerprint density at radius 1 is 1.34 bits per heavy atom. The van der Waals surface area contributed by atoms with Crippen LogP contribution in [0.3, 0.4) is 0 Å². The predicted molar refractivity (Wildman–Crippen MR) is 118 cm³/mol. The largest absolute Gasteiger partial charge is 0.378 e. The van der Waals surface area contributed by atoms with Crippen molar-refractivity contribution in [3.8, 4) is 17.5 Å². The Morgan fingerprint density at radius 3 is 2.76 bits per heavy atom. The predicted octanol–water partition coefficient (Wildman–Crippen LogP) is 3.86. The zero-order valence-corrected chi connectivity index (χ0v) is 17.8. The van der Waals surface area contributed by atoms with Crippen LogP contribution in [0, 0.1) is 11.3 Å². The minimum atomic E-state index is -0.195. The van der Waals surface area contributed by atoms with Crippen molar-refractivity contribution in [1.29, 1.82) is 5.26 Å². The molecule has 1 amide bonds. The van der Waals surface area contributed by atoms with Gasteiger partial charge >= 0.3 is 0 Å². The van der Waals surface area contributed by atoms with Crippen LogP contribution in [-0.2, 0) is 11.3 Å². The number of thioether (sulfide) groups is 1. The van der Waals surface area contributed by atoms with E-state index in [1.54, 1.807) is 17.5 Å². The van der Waals surface area contributed by atoms with Crippen molar-refractivity contribution in [1.82, 2.24) is 14.8 Å². The zero-order valence-electron chi connectivity index (χ0n) is 16.1. The number of anilines is 2. The molecule has 9 heteroatoms. The summed E-state index contributed by atoms with van der Waals surface area (Å²) in [7, 11) is 3.98. The molecule has 2 aromatic heterocycles. The molecular formula is C20H20N6OS2. The van der Waals surface area contributed by atoms with Gasteiger partial charge in [-0.25, -0.2) is 0 Å². The number of amides is 1. The molecule has 0 aliphatic rings. The number of hydrogen-bond acceptors (Lipinski definition) is 7. The average Bonchev–Trinajstić information content (AvgIpc) is 3.33. The molecule has 0 aliphatic carbocycles. The van der Waals surface area contributed by atoms with Crippen LogP contribution in [0.15, 0.2) is 53.5 Å². The summed E-state index contributed by atoms with van der Waals surface area (Å²) in [4.78, 5) is 14.3. The van der Waals surface area contributed by atoms with Crippen LogP contribution in [-0.4, -0.2) is 40.5 Å². The van der Waals surface area contributed by atoms with Gasteiger partial charge in [-0.2, -0.15) is 5.26 Å². The van der Waals surface area contributed by atoms with Gasteiger partial charge in [0.2, 0.25) is 5.91 Å². The van der Waals surface area contributed by atoms with E-state index in [4.69, 9.17) is 5.26 Å². The molecule has 0 radical (unpaired) electrons. The van der Waals surface area contributed by atoms with Crippen molar-refractivity contribution in [2.45, 2.75) is 11.7 Å². The second kappa shape index (κ2) is 9.41. The first-order chi connectivity index (χ1) is 14.0. The lowest BCUT2D eigenvalue weighted by atomic mass is 10.2. The molecule has 3 rings (SSSR count). The summed E-state index contributed by atoms with van der Waals surface area (Å²) >= 11 is 2.62. The van der Waals surface area contributed by atoms with Gasteiger partial charge in [0.1, 0.15) is 11.1 Å². The van der Waals surface area contributed by atoms with Crippen LogP contribution < -0.4 is 10.2 Å². The number of allylic oxidation sites excluding steroid dienone is 1. The van der Waals surface area contributed by atoms with E-state index in [9.17, 15) is 4.79 Å². The van der Waals surface area contributed by atoms with E-state index in [2.05, 4.69) is 28.2 Å². The third kappa shape index (κ3) is 4.85. The number of nitriles is 1. The highest BCUT2D eigenvalue weighted by atomic mass is 32.2. The van der Waals surface area contributed by atoms with E-state index in [1.807, 2.05) is 47.8 Å². The summed E-state index contributed by atoms with van der Waals surface area (Å²) in [6, 6.07) is 11.8. The molecule has 0 saturated heterocycles. The van der Waals surface area contributed by atoms with Crippen LogP contribution in [0.5, 0.6) is 0 Å². The third-order valence-corrected chi connectivity index (χ3v) is 5.84. The number of carbonyl (C=O) groups excluding carboxylic acids is 1. The van der Waals surface area contributed by atoms with E-state index in [-0.39, 0.29) is 11.7 Å². The van der Waals surface area contributed by atoms with Crippen molar-refractivity contribution in [2.75, 3.05) is 30.1 Å². The molecule has 2 heterocycles. The molecule has 148 valence electrons. The van der Waals surface area contributed by atoms with Gasteiger partial charge in [-0.15, -0.1) is 28.1 Å². The van der Waals surface area contributed by atoms with E-state index in [1.165, 1.54) is 23.1 Å². The first-order valence-electron chi connectivity index (χ1n) is 8.75. The lowest BCUT2D eigenvalue weighted by Gasteiger charge is -2.13. The Balaban J connectivity index is 1.73. The number of aromatic nitrogens is 3. The molecular weight excluding hydrogens is 404 g/mol. The van der Waals surface area contributed by atoms with Crippen molar-refractivity contribution in [3.05, 3.63) is 53.9 Å². The van der Waals surface area contributed by atoms with Gasteiger partial charge in [0.25, 0.3) is 0 Å². The maximum absolute atomic E-state index is 12.3. The highest BCUT2D eigenvalue weighted by Crippen LogP contribution is 2.27. The number of thiophene rings is 1. The lowest BCUT2D eigenvalue weighted by molar-refractivity contribution is -0.113. The minimum Gasteiger partial charge on any atom is -0.378 e. The van der Waals surface area contributed by atoms with Crippen LogP contribution >= 0.6 is 23.1 Å². The molecule has 3 aromatic rings. The number of nitrogens with zero attached hydrogens (tertiary/aromatic N) is 5. The van der Waals surface area contributed by atoms with Crippen molar-refractivity contribution in [2.24, 2.45) is 0 Å². The molecule has 0 aliphatic heterocycles. The Kier molecular flexibility index (Phi) is 6.69. The standard InChI is InChI=1S/C20H20N6OS2/c1-4-10-26-18(14-5-7-16(8-6-14)25(2)3)23-24-20(26)29-13-17(27)22-19-15(12-21)9-11-28-19/h4-9,11H,1,10,13H2,2-3H3,(H,22,27). The van der Waals surface area contributed by atoms with Gasteiger partial charge in [0.15, 0.2) is 11.0 Å². The number of benzene rings is 1. The fourth-order valence-corrected chi connectivity index (χ4v) is 4.10. The van der Waals surface area contributed by atoms with E-state index < -0.39 is 0 Å². The summed E-state index contributed by atoms with van der Waals surface area (Å²) in [5, 5.41) is 23.4. The second-order valence-electron chi connectivity index (χ2n) is 6.26. The minimum absolute atomic E-state index is 0.164.